The SMILES string of the molecule is CCCC[O-].CCCC[O-].CCCC[O-].O.[Zr+3].[Zr]. The summed E-state index contributed by atoms with van der Waals surface area (Å²) in [6, 6.07) is 0. The summed E-state index contributed by atoms with van der Waals surface area (Å²) in [5, 5.41) is 28.6. The predicted molar refractivity (Wildman–Crippen MR) is 62.9 cm³/mol. The van der Waals surface area contributed by atoms with Crippen molar-refractivity contribution in [3.05, 3.63) is 0 Å². The molecule has 0 atom stereocenters. The van der Waals surface area contributed by atoms with Gasteiger partial charge in [-0.3, -0.25) is 0 Å². The predicted octanol–water partition coefficient (Wildman–Crippen LogP) is -0.389. The van der Waals surface area contributed by atoms with Gasteiger partial charge in [0.1, 0.15) is 0 Å². The van der Waals surface area contributed by atoms with Crippen LogP contribution in [0.3, 0.4) is 0 Å². The number of unbranched alkanes of at least 4 members (excludes halogenated alkanes) is 3. The number of hydrogen-bond donors (Lipinski definition) is 0. The van der Waals surface area contributed by atoms with Crippen LogP contribution in [0.15, 0.2) is 0 Å². The number of rotatable bonds is 6. The molecule has 1 radical (unpaired) electrons. The average Bonchev–Trinajstić information content (AvgIpc) is 2.23. The zero-order valence-electron chi connectivity index (χ0n) is 12.1. The fourth-order valence-electron chi connectivity index (χ4n) is 0.433. The van der Waals surface area contributed by atoms with E-state index in [0.29, 0.717) is 0 Å². The van der Waals surface area contributed by atoms with Crippen molar-refractivity contribution in [2.75, 3.05) is 19.8 Å². The zero-order chi connectivity index (χ0) is 12.4. The summed E-state index contributed by atoms with van der Waals surface area (Å²) in [5.74, 6) is 0. The molecule has 0 aromatic heterocycles. The quantitative estimate of drug-likeness (QED) is 0.586. The molecule has 0 heterocycles. The maximum absolute atomic E-state index is 9.53. The summed E-state index contributed by atoms with van der Waals surface area (Å²) in [5.41, 5.74) is 0. The van der Waals surface area contributed by atoms with Crippen LogP contribution in [0.4, 0.5) is 0 Å². The van der Waals surface area contributed by atoms with Crippen molar-refractivity contribution in [3.8, 4) is 0 Å². The Morgan fingerprint density at radius 2 is 0.778 bits per heavy atom. The first-order valence-corrected chi connectivity index (χ1v) is 5.99. The van der Waals surface area contributed by atoms with Crippen molar-refractivity contribution in [1.82, 2.24) is 0 Å². The van der Waals surface area contributed by atoms with Gasteiger partial charge in [0.05, 0.1) is 0 Å². The van der Waals surface area contributed by atoms with Gasteiger partial charge in [-0.1, -0.05) is 59.3 Å². The van der Waals surface area contributed by atoms with E-state index in [4.69, 9.17) is 0 Å². The van der Waals surface area contributed by atoms with E-state index in [2.05, 4.69) is 0 Å². The monoisotopic (exact) mass is 417 g/mol. The summed E-state index contributed by atoms with van der Waals surface area (Å²) in [6.07, 6.45) is 5.59. The van der Waals surface area contributed by atoms with Gasteiger partial charge in [0, 0.05) is 26.2 Å². The minimum absolute atomic E-state index is 0. The molecule has 0 amide bonds. The van der Waals surface area contributed by atoms with Crippen LogP contribution < -0.4 is 15.3 Å². The third-order valence-electron chi connectivity index (χ3n) is 1.49. The minimum atomic E-state index is 0. The van der Waals surface area contributed by atoms with Gasteiger partial charge >= 0.3 is 26.2 Å². The molecule has 0 saturated carbocycles. The van der Waals surface area contributed by atoms with E-state index < -0.39 is 0 Å². The van der Waals surface area contributed by atoms with Gasteiger partial charge in [-0.25, -0.2) is 0 Å². The van der Waals surface area contributed by atoms with E-state index in [1.54, 1.807) is 0 Å². The Bertz CT molecular complexity index is 58.8. The molecule has 0 fully saturated rings. The first-order valence-electron chi connectivity index (χ1n) is 5.99. The molecule has 0 aromatic rings. The van der Waals surface area contributed by atoms with Gasteiger partial charge in [0.15, 0.2) is 0 Å². The van der Waals surface area contributed by atoms with Crippen LogP contribution in [0, 0.1) is 0 Å². The second-order valence-corrected chi connectivity index (χ2v) is 3.17. The third kappa shape index (κ3) is 83.9. The summed E-state index contributed by atoms with van der Waals surface area (Å²) in [7, 11) is 0. The van der Waals surface area contributed by atoms with E-state index >= 15 is 0 Å². The molecular weight excluding hydrogens is 391 g/mol. The molecule has 4 nitrogen and oxygen atoms in total. The van der Waals surface area contributed by atoms with Crippen LogP contribution >= 0.6 is 0 Å². The van der Waals surface area contributed by atoms with Gasteiger partial charge in [-0.2, -0.15) is 0 Å². The normalized spacial score (nSPS) is 7.00. The molecule has 0 saturated heterocycles. The molecule has 0 spiro atoms. The van der Waals surface area contributed by atoms with E-state index in [9.17, 15) is 15.3 Å². The fraction of sp³-hybridized carbons (Fsp3) is 1.00. The van der Waals surface area contributed by atoms with E-state index in [1.807, 2.05) is 20.8 Å². The maximum atomic E-state index is 9.53. The fourth-order valence-corrected chi connectivity index (χ4v) is 0.433. The van der Waals surface area contributed by atoms with Crippen molar-refractivity contribution in [3.63, 3.8) is 0 Å². The Morgan fingerprint density at radius 3 is 0.778 bits per heavy atom. The molecule has 2 N–H and O–H groups in total. The Morgan fingerprint density at radius 1 is 0.611 bits per heavy atom. The van der Waals surface area contributed by atoms with Gasteiger partial charge in [0.2, 0.25) is 0 Å². The minimum Gasteiger partial charge on any atom is -0.854 e. The van der Waals surface area contributed by atoms with Gasteiger partial charge < -0.3 is 20.8 Å². The van der Waals surface area contributed by atoms with Crippen molar-refractivity contribution in [2.24, 2.45) is 0 Å². The van der Waals surface area contributed by atoms with Gasteiger partial charge in [-0.05, 0) is 0 Å². The second-order valence-electron chi connectivity index (χ2n) is 3.17. The molecule has 0 bridgehead atoms. The van der Waals surface area contributed by atoms with Gasteiger partial charge in [-0.15, -0.1) is 19.8 Å². The van der Waals surface area contributed by atoms with Crippen molar-refractivity contribution >= 4 is 0 Å². The Balaban J connectivity index is -0.0000000277. The van der Waals surface area contributed by atoms with Gasteiger partial charge in [0.25, 0.3) is 0 Å². The van der Waals surface area contributed by atoms with Crippen LogP contribution in [0.25, 0.3) is 0 Å². The molecule has 109 valence electrons. The van der Waals surface area contributed by atoms with Crippen molar-refractivity contribution < 1.29 is 73.2 Å². The molecule has 6 heteroatoms. The van der Waals surface area contributed by atoms with Crippen LogP contribution in [0.2, 0.25) is 0 Å². The second kappa shape index (κ2) is 51.3. The topological polar surface area (TPSA) is 101 Å². The van der Waals surface area contributed by atoms with Crippen LogP contribution in [-0.4, -0.2) is 25.3 Å². The standard InChI is InChI=1S/3C4H9O.H2O.2Zr/c3*1-2-3-4-5;;;/h3*2-4H2,1H3;1H2;;/q3*-1;;;+3. The smallest absolute Gasteiger partial charge is 0.854 e. The molecule has 0 aromatic carbocycles. The largest absolute Gasteiger partial charge is 3.00 e. The summed E-state index contributed by atoms with van der Waals surface area (Å²) < 4.78 is 0. The third-order valence-corrected chi connectivity index (χ3v) is 1.49. The molecule has 0 unspecified atom stereocenters. The molecule has 18 heavy (non-hydrogen) atoms. The van der Waals surface area contributed by atoms with Crippen LogP contribution in [-0.2, 0) is 52.4 Å². The van der Waals surface area contributed by atoms with Crippen molar-refractivity contribution in [2.45, 2.75) is 59.3 Å². The molecule has 0 aliphatic heterocycles. The molecule has 0 aliphatic rings. The van der Waals surface area contributed by atoms with Crippen LogP contribution in [0.5, 0.6) is 0 Å². The van der Waals surface area contributed by atoms with E-state index in [0.717, 1.165) is 38.5 Å². The molecular formula is C12H29O4Zr2. The summed E-state index contributed by atoms with van der Waals surface area (Å²) >= 11 is 0. The summed E-state index contributed by atoms with van der Waals surface area (Å²) in [4.78, 5) is 0. The van der Waals surface area contributed by atoms with E-state index in [-0.39, 0.29) is 77.7 Å². The average molecular weight is 420 g/mol. The Labute approximate surface area is 151 Å². The summed E-state index contributed by atoms with van der Waals surface area (Å²) in [6.45, 7) is 6.32. The van der Waals surface area contributed by atoms with Crippen LogP contribution in [0.1, 0.15) is 59.3 Å². The molecule has 0 rings (SSSR count). The first kappa shape index (κ1) is 36.7. The van der Waals surface area contributed by atoms with Crippen molar-refractivity contribution in [1.29, 1.82) is 0 Å². The first-order chi connectivity index (χ1) is 7.24. The number of hydrogen-bond acceptors (Lipinski definition) is 3. The van der Waals surface area contributed by atoms with E-state index in [1.165, 1.54) is 0 Å². The molecule has 0 aliphatic carbocycles. The Kier molecular flexibility index (Phi) is 104. The Hall–Kier alpha value is 1.61. The zero-order valence-corrected chi connectivity index (χ0v) is 17.0. The maximum Gasteiger partial charge on any atom is 3.00 e.